The number of rotatable bonds is 6. The van der Waals surface area contributed by atoms with Gasteiger partial charge in [0.15, 0.2) is 5.69 Å². The molecule has 0 aromatic carbocycles. The van der Waals surface area contributed by atoms with E-state index in [0.717, 1.165) is 17.4 Å². The minimum absolute atomic E-state index is 0.000893. The van der Waals surface area contributed by atoms with Gasteiger partial charge in [0.25, 0.3) is 11.8 Å². The van der Waals surface area contributed by atoms with E-state index in [9.17, 15) is 24.5 Å². The molecule has 0 saturated carbocycles. The number of nitrogens with one attached hydrogen (secondary N) is 2. The second-order valence-corrected chi connectivity index (χ2v) is 5.72. The summed E-state index contributed by atoms with van der Waals surface area (Å²) in [5, 5.41) is 18.7. The van der Waals surface area contributed by atoms with Crippen LogP contribution in [0.25, 0.3) is 0 Å². The minimum Gasteiger partial charge on any atom is -0.462 e. The van der Waals surface area contributed by atoms with E-state index in [1.165, 1.54) is 6.92 Å². The number of thiophene rings is 1. The highest BCUT2D eigenvalue weighted by Gasteiger charge is 2.27. The highest BCUT2D eigenvalue weighted by molar-refractivity contribution is 7.18. The van der Waals surface area contributed by atoms with Crippen molar-refractivity contribution >= 4 is 39.9 Å². The third-order valence-electron chi connectivity index (χ3n) is 3.07. The summed E-state index contributed by atoms with van der Waals surface area (Å²) in [5.74, 6) is -2.75. The van der Waals surface area contributed by atoms with Crippen LogP contribution in [0.2, 0.25) is 0 Å². The molecule has 2 aromatic rings. The van der Waals surface area contributed by atoms with Crippen LogP contribution in [0.1, 0.15) is 43.0 Å². The largest absolute Gasteiger partial charge is 0.462 e. The zero-order valence-corrected chi connectivity index (χ0v) is 13.9. The fourth-order valence-electron chi connectivity index (χ4n) is 1.97. The number of esters is 1. The van der Waals surface area contributed by atoms with Crippen molar-refractivity contribution in [3.63, 3.8) is 0 Å². The van der Waals surface area contributed by atoms with Crippen molar-refractivity contribution in [1.29, 1.82) is 0 Å². The molecule has 0 aliphatic heterocycles. The molecule has 25 heavy (non-hydrogen) atoms. The number of primary amides is 1. The molecule has 12 heteroatoms. The molecule has 0 fully saturated rings. The molecular weight excluding hydrogens is 354 g/mol. The molecule has 132 valence electrons. The Labute approximate surface area is 144 Å². The molecule has 2 heterocycles. The fourth-order valence-corrected chi connectivity index (χ4v) is 3.02. The molecular formula is C13H13N5O6S. The van der Waals surface area contributed by atoms with E-state index in [2.05, 4.69) is 15.5 Å². The van der Waals surface area contributed by atoms with Crippen molar-refractivity contribution in [2.75, 3.05) is 11.9 Å². The van der Waals surface area contributed by atoms with E-state index in [-0.39, 0.29) is 33.3 Å². The maximum Gasteiger partial charge on any atom is 0.343 e. The number of aromatic nitrogens is 2. The molecule has 0 aliphatic rings. The van der Waals surface area contributed by atoms with Crippen LogP contribution in [0.15, 0.2) is 6.07 Å². The third-order valence-corrected chi connectivity index (χ3v) is 4.29. The summed E-state index contributed by atoms with van der Waals surface area (Å²) in [4.78, 5) is 45.7. The Morgan fingerprint density at radius 2 is 2.16 bits per heavy atom. The molecule has 2 amide bonds. The van der Waals surface area contributed by atoms with Crippen molar-refractivity contribution in [3.05, 3.63) is 37.9 Å². The average molecular weight is 367 g/mol. The predicted molar refractivity (Wildman–Crippen MR) is 86.7 cm³/mol. The Morgan fingerprint density at radius 1 is 1.48 bits per heavy atom. The van der Waals surface area contributed by atoms with Crippen molar-refractivity contribution in [1.82, 2.24) is 10.2 Å². The lowest BCUT2D eigenvalue weighted by molar-refractivity contribution is -0.389. The summed E-state index contributed by atoms with van der Waals surface area (Å²) >= 11 is 0.805. The van der Waals surface area contributed by atoms with Gasteiger partial charge in [0, 0.05) is 0 Å². The zero-order valence-electron chi connectivity index (χ0n) is 13.1. The standard InChI is InChI=1S/C13H13N5O6S/c1-3-24-13(21)8-5(2)9(10(14)19)25-12(8)15-11(20)6-4-7(17-16-6)18(22)23/h4H,3H2,1-2H3,(H2,14,19)(H,15,20)(H,16,17). The number of ether oxygens (including phenoxy) is 1. The van der Waals surface area contributed by atoms with E-state index < -0.39 is 28.5 Å². The fraction of sp³-hybridized carbons (Fsp3) is 0.231. The van der Waals surface area contributed by atoms with Gasteiger partial charge in [-0.2, -0.15) is 0 Å². The van der Waals surface area contributed by atoms with E-state index in [4.69, 9.17) is 10.5 Å². The first-order valence-electron chi connectivity index (χ1n) is 6.87. The van der Waals surface area contributed by atoms with Crippen LogP contribution in [0.4, 0.5) is 10.8 Å². The lowest BCUT2D eigenvalue weighted by atomic mass is 10.1. The highest BCUT2D eigenvalue weighted by Crippen LogP contribution is 2.33. The summed E-state index contributed by atoms with van der Waals surface area (Å²) in [6.45, 7) is 3.20. The van der Waals surface area contributed by atoms with Crippen LogP contribution in [0, 0.1) is 17.0 Å². The van der Waals surface area contributed by atoms with Gasteiger partial charge in [0.2, 0.25) is 0 Å². The number of carbonyl (C=O) groups is 3. The zero-order chi connectivity index (χ0) is 18.7. The number of hydrogen-bond acceptors (Lipinski definition) is 8. The van der Waals surface area contributed by atoms with Gasteiger partial charge in [-0.15, -0.1) is 16.4 Å². The lowest BCUT2D eigenvalue weighted by Crippen LogP contribution is -2.15. The molecule has 2 aromatic heterocycles. The summed E-state index contributed by atoms with van der Waals surface area (Å²) in [6.07, 6.45) is 0. The summed E-state index contributed by atoms with van der Waals surface area (Å²) in [7, 11) is 0. The van der Waals surface area contributed by atoms with Crippen molar-refractivity contribution < 1.29 is 24.0 Å². The van der Waals surface area contributed by atoms with E-state index >= 15 is 0 Å². The van der Waals surface area contributed by atoms with E-state index in [1.54, 1.807) is 6.92 Å². The van der Waals surface area contributed by atoms with Gasteiger partial charge in [-0.05, 0) is 24.3 Å². The van der Waals surface area contributed by atoms with Gasteiger partial charge in [-0.3, -0.25) is 9.59 Å². The quantitative estimate of drug-likeness (QED) is 0.391. The van der Waals surface area contributed by atoms with Crippen LogP contribution in [-0.4, -0.2) is 39.5 Å². The Kier molecular flexibility index (Phi) is 5.12. The van der Waals surface area contributed by atoms with Crippen LogP contribution in [0.5, 0.6) is 0 Å². The number of carbonyl (C=O) groups excluding carboxylic acids is 3. The summed E-state index contributed by atoms with van der Waals surface area (Å²) < 4.78 is 4.92. The minimum atomic E-state index is -0.799. The number of hydrogen-bond donors (Lipinski definition) is 3. The molecule has 0 atom stereocenters. The molecule has 0 aliphatic carbocycles. The maximum absolute atomic E-state index is 12.2. The first kappa shape index (κ1) is 18.1. The van der Waals surface area contributed by atoms with Crippen LogP contribution < -0.4 is 11.1 Å². The molecule has 0 saturated heterocycles. The van der Waals surface area contributed by atoms with Crippen LogP contribution in [-0.2, 0) is 4.74 Å². The number of amides is 2. The first-order valence-corrected chi connectivity index (χ1v) is 7.69. The summed E-state index contributed by atoms with van der Waals surface area (Å²) in [6, 6.07) is 0.939. The molecule has 0 radical (unpaired) electrons. The Bertz CT molecular complexity index is 870. The third kappa shape index (κ3) is 3.63. The molecule has 0 unspecified atom stereocenters. The van der Waals surface area contributed by atoms with Gasteiger partial charge in [0.1, 0.15) is 5.00 Å². The monoisotopic (exact) mass is 367 g/mol. The first-order chi connectivity index (χ1) is 11.8. The van der Waals surface area contributed by atoms with E-state index in [1.807, 2.05) is 0 Å². The molecule has 11 nitrogen and oxygen atoms in total. The van der Waals surface area contributed by atoms with Crippen LogP contribution >= 0.6 is 11.3 Å². The number of nitrogens with two attached hydrogens (primary N) is 1. The van der Waals surface area contributed by atoms with E-state index in [0.29, 0.717) is 0 Å². The van der Waals surface area contributed by atoms with Crippen molar-refractivity contribution in [2.24, 2.45) is 5.73 Å². The molecule has 4 N–H and O–H groups in total. The predicted octanol–water partition coefficient (Wildman–Crippen LogP) is 1.22. The van der Waals surface area contributed by atoms with Gasteiger partial charge in [-0.1, -0.05) is 5.10 Å². The number of aromatic amines is 1. The highest BCUT2D eigenvalue weighted by atomic mass is 32.1. The Balaban J connectivity index is 2.38. The number of H-pyrrole nitrogens is 1. The SMILES string of the molecule is CCOC(=O)c1c(NC(=O)c2cc([N+](=O)[O-])[nH]n2)sc(C(N)=O)c1C. The lowest BCUT2D eigenvalue weighted by Gasteiger charge is -2.05. The number of nitrogens with zero attached hydrogens (tertiary/aromatic N) is 2. The second-order valence-electron chi connectivity index (χ2n) is 4.69. The van der Waals surface area contributed by atoms with Crippen molar-refractivity contribution in [3.8, 4) is 0 Å². The summed E-state index contributed by atoms with van der Waals surface area (Å²) in [5.41, 5.74) is 5.28. The number of nitro groups is 1. The maximum atomic E-state index is 12.2. The van der Waals surface area contributed by atoms with Gasteiger partial charge >= 0.3 is 11.8 Å². The second kappa shape index (κ2) is 7.09. The molecule has 2 rings (SSSR count). The van der Waals surface area contributed by atoms with Gasteiger partial charge < -0.3 is 25.9 Å². The van der Waals surface area contributed by atoms with Crippen LogP contribution in [0.3, 0.4) is 0 Å². The van der Waals surface area contributed by atoms with Crippen molar-refractivity contribution in [2.45, 2.75) is 13.8 Å². The molecule has 0 bridgehead atoms. The Morgan fingerprint density at radius 3 is 2.68 bits per heavy atom. The average Bonchev–Trinajstić information content (AvgIpc) is 3.12. The van der Waals surface area contributed by atoms with Gasteiger partial charge in [-0.25, -0.2) is 4.79 Å². The number of anilines is 1. The molecule has 0 spiro atoms. The Hall–Kier alpha value is -3.28. The normalized spacial score (nSPS) is 10.3. The topological polar surface area (TPSA) is 170 Å². The van der Waals surface area contributed by atoms with Gasteiger partial charge in [0.05, 0.1) is 23.1 Å². The smallest absolute Gasteiger partial charge is 0.343 e.